The number of hydrogen-bond donors (Lipinski definition) is 3. The number of aryl methyl sites for hydroxylation is 1. The Labute approximate surface area is 193 Å². The largest absolute Gasteiger partial charge is 0.366 e. The molecule has 1 atom stereocenters. The van der Waals surface area contributed by atoms with E-state index in [1.165, 1.54) is 29.0 Å². The second kappa shape index (κ2) is 10.2. The number of carbonyl (C=O) groups is 2. The maximum atomic E-state index is 12.1. The van der Waals surface area contributed by atoms with Gasteiger partial charge in [-0.25, -0.2) is 4.98 Å². The van der Waals surface area contributed by atoms with E-state index in [0.717, 1.165) is 27.9 Å². The van der Waals surface area contributed by atoms with Gasteiger partial charge in [-0.1, -0.05) is 39.0 Å². The lowest BCUT2D eigenvalue weighted by Gasteiger charge is -2.34. The van der Waals surface area contributed by atoms with Gasteiger partial charge in [0, 0.05) is 29.7 Å². The van der Waals surface area contributed by atoms with E-state index in [1.807, 2.05) is 12.1 Å². The Morgan fingerprint density at radius 3 is 2.50 bits per heavy atom. The minimum absolute atomic E-state index is 0.0519. The Bertz CT molecular complexity index is 1090. The lowest BCUT2D eigenvalue weighted by molar-refractivity contribution is 0.0957. The van der Waals surface area contributed by atoms with Crippen molar-refractivity contribution in [1.29, 1.82) is 0 Å². The molecule has 1 aromatic carbocycles. The third-order valence-electron chi connectivity index (χ3n) is 5.81. The van der Waals surface area contributed by atoms with E-state index in [0.29, 0.717) is 30.0 Å². The van der Waals surface area contributed by atoms with Crippen molar-refractivity contribution in [3.8, 4) is 0 Å². The number of nitrogens with one attached hydrogen (secondary N) is 1. The van der Waals surface area contributed by atoms with Gasteiger partial charge in [-0.15, -0.1) is 11.3 Å². The molecule has 0 saturated carbocycles. The van der Waals surface area contributed by atoms with Gasteiger partial charge in [0.05, 0.1) is 4.88 Å². The van der Waals surface area contributed by atoms with Crippen LogP contribution in [-0.4, -0.2) is 29.9 Å². The Hall–Kier alpha value is -2.77. The van der Waals surface area contributed by atoms with Crippen LogP contribution >= 0.6 is 11.3 Å². The fourth-order valence-corrected chi connectivity index (χ4v) is 4.80. The average molecular weight is 453 g/mol. The first-order valence-corrected chi connectivity index (χ1v) is 11.8. The van der Waals surface area contributed by atoms with Crippen molar-refractivity contribution in [2.24, 2.45) is 22.8 Å². The van der Waals surface area contributed by atoms with Crippen molar-refractivity contribution in [3.63, 3.8) is 0 Å². The highest BCUT2D eigenvalue weighted by atomic mass is 32.1. The second-order valence-electron chi connectivity index (χ2n) is 9.18. The first-order chi connectivity index (χ1) is 15.2. The molecule has 0 fully saturated rings. The molecule has 2 amide bonds. The minimum Gasteiger partial charge on any atom is -0.366 e. The molecule has 0 aliphatic heterocycles. The average Bonchev–Trinajstić information content (AvgIpc) is 3.18. The topological polar surface area (TPSA) is 111 Å². The molecule has 0 radical (unpaired) electrons. The zero-order chi connectivity index (χ0) is 23.3. The SMILES string of the molecule is CC(C)(C)C1CCc2nc3sc(C(=O)NCCN)cc3cc2C1.NC(=O)c1ccccc1. The number of nitrogens with two attached hydrogens (primary N) is 2. The number of amides is 2. The first-order valence-electron chi connectivity index (χ1n) is 10.9. The monoisotopic (exact) mass is 452 g/mol. The van der Waals surface area contributed by atoms with Gasteiger partial charge >= 0.3 is 0 Å². The molecule has 32 heavy (non-hydrogen) atoms. The van der Waals surface area contributed by atoms with E-state index in [4.69, 9.17) is 16.5 Å². The maximum Gasteiger partial charge on any atom is 0.261 e. The van der Waals surface area contributed by atoms with Gasteiger partial charge in [0.2, 0.25) is 5.91 Å². The Kier molecular flexibility index (Phi) is 7.64. The molecule has 0 spiro atoms. The van der Waals surface area contributed by atoms with E-state index >= 15 is 0 Å². The van der Waals surface area contributed by atoms with Crippen molar-refractivity contribution < 1.29 is 9.59 Å². The zero-order valence-corrected chi connectivity index (χ0v) is 19.8. The normalized spacial score (nSPS) is 15.4. The van der Waals surface area contributed by atoms with Crippen molar-refractivity contribution in [3.05, 3.63) is 64.2 Å². The van der Waals surface area contributed by atoms with E-state index < -0.39 is 0 Å². The van der Waals surface area contributed by atoms with Crippen LogP contribution < -0.4 is 16.8 Å². The highest BCUT2D eigenvalue weighted by molar-refractivity contribution is 7.20. The van der Waals surface area contributed by atoms with Crippen LogP contribution in [0.2, 0.25) is 0 Å². The van der Waals surface area contributed by atoms with E-state index in [1.54, 1.807) is 24.3 Å². The Morgan fingerprint density at radius 2 is 1.91 bits per heavy atom. The number of rotatable bonds is 4. The summed E-state index contributed by atoms with van der Waals surface area (Å²) >= 11 is 1.47. The van der Waals surface area contributed by atoms with E-state index in [9.17, 15) is 9.59 Å². The highest BCUT2D eigenvalue weighted by Gasteiger charge is 2.29. The number of fused-ring (bicyclic) bond motifs is 2. The number of hydrogen-bond acceptors (Lipinski definition) is 5. The maximum absolute atomic E-state index is 12.1. The van der Waals surface area contributed by atoms with Crippen molar-refractivity contribution >= 4 is 33.4 Å². The summed E-state index contributed by atoms with van der Waals surface area (Å²) in [5.74, 6) is 0.264. The van der Waals surface area contributed by atoms with Crippen LogP contribution in [0.1, 0.15) is 58.5 Å². The number of carbonyl (C=O) groups excluding carboxylic acids is 2. The smallest absolute Gasteiger partial charge is 0.261 e. The van der Waals surface area contributed by atoms with Crippen LogP contribution in [0.3, 0.4) is 0 Å². The van der Waals surface area contributed by atoms with Crippen LogP contribution in [0.25, 0.3) is 10.2 Å². The molecular formula is C25H32N4O2S. The molecule has 0 bridgehead atoms. The first kappa shape index (κ1) is 23.9. The number of thiophene rings is 1. The summed E-state index contributed by atoms with van der Waals surface area (Å²) in [4.78, 5) is 29.0. The van der Waals surface area contributed by atoms with Crippen LogP contribution in [0.4, 0.5) is 0 Å². The van der Waals surface area contributed by atoms with Gasteiger partial charge in [-0.3, -0.25) is 9.59 Å². The van der Waals surface area contributed by atoms with Gasteiger partial charge < -0.3 is 16.8 Å². The number of benzene rings is 1. The summed E-state index contributed by atoms with van der Waals surface area (Å²) in [7, 11) is 0. The number of primary amides is 1. The molecular weight excluding hydrogens is 420 g/mol. The number of aromatic nitrogens is 1. The molecule has 5 N–H and O–H groups in total. The summed E-state index contributed by atoms with van der Waals surface area (Å²) in [6.07, 6.45) is 3.33. The van der Waals surface area contributed by atoms with Gasteiger partial charge in [0.1, 0.15) is 4.83 Å². The Balaban J connectivity index is 0.000000269. The molecule has 170 valence electrons. The third-order valence-corrected chi connectivity index (χ3v) is 6.85. The van der Waals surface area contributed by atoms with Gasteiger partial charge in [0.15, 0.2) is 0 Å². The van der Waals surface area contributed by atoms with Gasteiger partial charge in [-0.05, 0) is 60.4 Å². The fraction of sp³-hybridized carbons (Fsp3) is 0.400. The van der Waals surface area contributed by atoms with Crippen LogP contribution in [0.15, 0.2) is 42.5 Å². The third kappa shape index (κ3) is 5.93. The molecule has 3 aromatic rings. The van der Waals surface area contributed by atoms with Crippen LogP contribution in [0.5, 0.6) is 0 Å². The van der Waals surface area contributed by atoms with Crippen molar-refractivity contribution in [1.82, 2.24) is 10.3 Å². The standard InChI is InChI=1S/C18H25N3OS.C7H7NO/c1-18(2,3)13-4-5-14-11(9-13)8-12-10-15(23-17(12)21-14)16(22)20-7-6-19;8-7(9)6-4-2-1-3-5-6/h8,10,13H,4-7,9,19H2,1-3H3,(H,20,22);1-5H,(H2,8,9). The molecule has 0 saturated heterocycles. The molecule has 2 aromatic heterocycles. The molecule has 4 rings (SSSR count). The Morgan fingerprint density at radius 1 is 1.19 bits per heavy atom. The number of nitrogens with zero attached hydrogens (tertiary/aromatic N) is 1. The summed E-state index contributed by atoms with van der Waals surface area (Å²) < 4.78 is 0. The molecule has 1 unspecified atom stereocenters. The lowest BCUT2D eigenvalue weighted by Crippen LogP contribution is -2.28. The van der Waals surface area contributed by atoms with E-state index in [2.05, 4.69) is 32.2 Å². The quantitative estimate of drug-likeness (QED) is 0.557. The summed E-state index contributed by atoms with van der Waals surface area (Å²) in [5.41, 5.74) is 13.9. The summed E-state index contributed by atoms with van der Waals surface area (Å²) in [6, 6.07) is 13.0. The van der Waals surface area contributed by atoms with Gasteiger partial charge in [0.25, 0.3) is 5.91 Å². The highest BCUT2D eigenvalue weighted by Crippen LogP contribution is 2.38. The lowest BCUT2D eigenvalue weighted by atomic mass is 9.71. The predicted molar refractivity (Wildman–Crippen MR) is 131 cm³/mol. The molecule has 2 heterocycles. The van der Waals surface area contributed by atoms with Crippen molar-refractivity contribution in [2.75, 3.05) is 13.1 Å². The van der Waals surface area contributed by atoms with Crippen LogP contribution in [-0.2, 0) is 12.8 Å². The van der Waals surface area contributed by atoms with Crippen molar-refractivity contribution in [2.45, 2.75) is 40.0 Å². The predicted octanol–water partition coefficient (Wildman–Crippen LogP) is 3.92. The fourth-order valence-electron chi connectivity index (χ4n) is 3.85. The molecule has 6 nitrogen and oxygen atoms in total. The molecule has 1 aliphatic rings. The summed E-state index contributed by atoms with van der Waals surface area (Å²) in [6.45, 7) is 7.92. The minimum atomic E-state index is -0.379. The van der Waals surface area contributed by atoms with E-state index in [-0.39, 0.29) is 11.8 Å². The number of pyridine rings is 1. The zero-order valence-electron chi connectivity index (χ0n) is 19.0. The molecule has 1 aliphatic carbocycles. The van der Waals surface area contributed by atoms with Crippen LogP contribution in [0, 0.1) is 11.3 Å². The summed E-state index contributed by atoms with van der Waals surface area (Å²) in [5, 5.41) is 3.91. The molecule has 7 heteroatoms. The van der Waals surface area contributed by atoms with Gasteiger partial charge in [-0.2, -0.15) is 0 Å². The second-order valence-corrected chi connectivity index (χ2v) is 10.2.